The van der Waals surface area contributed by atoms with Gasteiger partial charge in [-0.05, 0) is 43.7 Å². The second-order valence-electron chi connectivity index (χ2n) is 7.67. The van der Waals surface area contributed by atoms with E-state index in [0.29, 0.717) is 0 Å². The monoisotopic (exact) mass is 401 g/mol. The Hall–Kier alpha value is -3.62. The molecule has 0 amide bonds. The number of nitrogens with two attached hydrogens (primary N) is 1. The highest BCUT2D eigenvalue weighted by Crippen LogP contribution is 2.18. The van der Waals surface area contributed by atoms with Gasteiger partial charge in [0.25, 0.3) is 0 Å². The number of anilines is 1. The lowest BCUT2D eigenvalue weighted by atomic mass is 10.1. The summed E-state index contributed by atoms with van der Waals surface area (Å²) < 4.78 is 0. The largest absolute Gasteiger partial charge is 0.399 e. The predicted octanol–water partition coefficient (Wildman–Crippen LogP) is 3.80. The highest BCUT2D eigenvalue weighted by atomic mass is 28.3. The molecule has 0 aromatic heterocycles. The highest BCUT2D eigenvalue weighted by molar-refractivity contribution is 7.20. The maximum Gasteiger partial charge on any atom is 0.179 e. The molecule has 1 nitrogen and oxygen atoms in total. The number of fused-ring (bicyclic) bond motifs is 1. The zero-order chi connectivity index (χ0) is 20.4. The Morgan fingerprint density at radius 1 is 0.400 bits per heavy atom. The lowest BCUT2D eigenvalue weighted by molar-refractivity contribution is 1.67. The minimum Gasteiger partial charge on any atom is -0.399 e. The molecule has 0 atom stereocenters. The van der Waals surface area contributed by atoms with Crippen LogP contribution in [0.15, 0.2) is 127 Å². The van der Waals surface area contributed by atoms with Crippen LogP contribution in [0.25, 0.3) is 10.8 Å². The molecule has 2 N–H and O–H groups in total. The first-order valence-corrected chi connectivity index (χ1v) is 12.2. The third-order valence-corrected chi connectivity index (χ3v) is 10.7. The third kappa shape index (κ3) is 3.02. The van der Waals surface area contributed by atoms with Crippen molar-refractivity contribution in [2.75, 3.05) is 5.73 Å². The first-order valence-electron chi connectivity index (χ1n) is 10.2. The van der Waals surface area contributed by atoms with Crippen LogP contribution >= 0.6 is 0 Å². The molecule has 30 heavy (non-hydrogen) atoms. The Bertz CT molecular complexity index is 1190. The molecule has 0 unspecified atom stereocenters. The van der Waals surface area contributed by atoms with Gasteiger partial charge in [-0.1, -0.05) is 115 Å². The van der Waals surface area contributed by atoms with Crippen LogP contribution < -0.4 is 26.5 Å². The second-order valence-corrected chi connectivity index (χ2v) is 11.5. The summed E-state index contributed by atoms with van der Waals surface area (Å²) in [6, 6.07) is 46.1. The van der Waals surface area contributed by atoms with Gasteiger partial charge in [-0.15, -0.1) is 0 Å². The van der Waals surface area contributed by atoms with Crippen LogP contribution in [0.2, 0.25) is 0 Å². The third-order valence-electron chi connectivity index (χ3n) is 5.92. The van der Waals surface area contributed by atoms with Gasteiger partial charge in [-0.2, -0.15) is 0 Å². The minimum atomic E-state index is -2.46. The van der Waals surface area contributed by atoms with Gasteiger partial charge in [0.2, 0.25) is 0 Å². The standard InChI is InChI=1S/C28H23NSi/c29-24-18-16-23-21-28(19-17-22(23)20-24)30(25-10-4-1-5-11-25,26-12-6-2-7-13-26)27-14-8-3-9-15-27/h1-21H,29H2. The van der Waals surface area contributed by atoms with E-state index >= 15 is 0 Å². The molecule has 0 radical (unpaired) electrons. The molecular formula is C28H23NSi. The van der Waals surface area contributed by atoms with Gasteiger partial charge in [-0.3, -0.25) is 0 Å². The summed E-state index contributed by atoms with van der Waals surface area (Å²) in [7, 11) is -2.46. The second kappa shape index (κ2) is 7.66. The summed E-state index contributed by atoms with van der Waals surface area (Å²) in [6.07, 6.45) is 0. The van der Waals surface area contributed by atoms with E-state index in [4.69, 9.17) is 5.73 Å². The molecule has 5 aromatic carbocycles. The lowest BCUT2D eigenvalue weighted by Gasteiger charge is -2.34. The van der Waals surface area contributed by atoms with Crippen molar-refractivity contribution in [2.45, 2.75) is 0 Å². The van der Waals surface area contributed by atoms with Gasteiger partial charge in [0, 0.05) is 5.69 Å². The Morgan fingerprint density at radius 2 is 0.833 bits per heavy atom. The molecular weight excluding hydrogens is 378 g/mol. The Kier molecular flexibility index (Phi) is 4.70. The van der Waals surface area contributed by atoms with Crippen LogP contribution in [0.5, 0.6) is 0 Å². The van der Waals surface area contributed by atoms with Crippen molar-refractivity contribution in [3.63, 3.8) is 0 Å². The molecule has 0 aliphatic rings. The summed E-state index contributed by atoms with van der Waals surface area (Å²) in [5, 5.41) is 7.94. The first-order chi connectivity index (χ1) is 14.8. The molecule has 0 aliphatic carbocycles. The van der Waals surface area contributed by atoms with Crippen LogP contribution in [-0.4, -0.2) is 8.07 Å². The summed E-state index contributed by atoms with van der Waals surface area (Å²) in [4.78, 5) is 0. The van der Waals surface area contributed by atoms with E-state index in [-0.39, 0.29) is 0 Å². The van der Waals surface area contributed by atoms with Crippen molar-refractivity contribution >= 4 is 45.3 Å². The van der Waals surface area contributed by atoms with Crippen LogP contribution in [0.4, 0.5) is 5.69 Å². The van der Waals surface area contributed by atoms with Gasteiger partial charge >= 0.3 is 0 Å². The van der Waals surface area contributed by atoms with Crippen molar-refractivity contribution < 1.29 is 0 Å². The van der Waals surface area contributed by atoms with Crippen molar-refractivity contribution in [1.82, 2.24) is 0 Å². The molecule has 144 valence electrons. The molecule has 0 saturated heterocycles. The lowest BCUT2D eigenvalue weighted by Crippen LogP contribution is -2.74. The summed E-state index contributed by atoms with van der Waals surface area (Å²) in [5.74, 6) is 0. The van der Waals surface area contributed by atoms with Gasteiger partial charge < -0.3 is 5.73 Å². The first kappa shape index (κ1) is 18.4. The quantitative estimate of drug-likeness (QED) is 0.277. The molecule has 0 spiro atoms. The number of benzene rings is 5. The number of rotatable bonds is 4. The fraction of sp³-hybridized carbons (Fsp3) is 0. The fourth-order valence-electron chi connectivity index (χ4n) is 4.56. The van der Waals surface area contributed by atoms with Crippen LogP contribution in [0, 0.1) is 0 Å². The van der Waals surface area contributed by atoms with Crippen molar-refractivity contribution in [1.29, 1.82) is 0 Å². The topological polar surface area (TPSA) is 26.0 Å². The van der Waals surface area contributed by atoms with Gasteiger partial charge in [0.05, 0.1) is 0 Å². The maximum absolute atomic E-state index is 6.03. The Morgan fingerprint density at radius 3 is 1.33 bits per heavy atom. The molecule has 0 bridgehead atoms. The van der Waals surface area contributed by atoms with Gasteiger partial charge in [0.1, 0.15) is 0 Å². The van der Waals surface area contributed by atoms with Gasteiger partial charge in [0.15, 0.2) is 8.07 Å². The van der Waals surface area contributed by atoms with Crippen LogP contribution in [0.1, 0.15) is 0 Å². The van der Waals surface area contributed by atoms with Crippen LogP contribution in [-0.2, 0) is 0 Å². The van der Waals surface area contributed by atoms with Crippen molar-refractivity contribution in [3.8, 4) is 0 Å². The SMILES string of the molecule is Nc1ccc2cc([Si](c3ccccc3)(c3ccccc3)c3ccccc3)ccc2c1. The molecule has 5 aromatic rings. The summed E-state index contributed by atoms with van der Waals surface area (Å²) in [5.41, 5.74) is 6.83. The van der Waals surface area contributed by atoms with E-state index in [0.717, 1.165) is 5.69 Å². The molecule has 0 fully saturated rings. The van der Waals surface area contributed by atoms with E-state index < -0.39 is 8.07 Å². The maximum atomic E-state index is 6.03. The smallest absolute Gasteiger partial charge is 0.179 e. The molecule has 0 aliphatic heterocycles. The van der Waals surface area contributed by atoms with E-state index in [1.807, 2.05) is 6.07 Å². The highest BCUT2D eigenvalue weighted by Gasteiger charge is 2.41. The minimum absolute atomic E-state index is 0.799. The number of hydrogen-bond donors (Lipinski definition) is 1. The van der Waals surface area contributed by atoms with E-state index in [1.165, 1.54) is 31.5 Å². The van der Waals surface area contributed by atoms with Gasteiger partial charge in [-0.25, -0.2) is 0 Å². The van der Waals surface area contributed by atoms with Crippen LogP contribution in [0.3, 0.4) is 0 Å². The van der Waals surface area contributed by atoms with E-state index in [2.05, 4.69) is 121 Å². The molecule has 0 heterocycles. The molecule has 5 rings (SSSR count). The summed E-state index contributed by atoms with van der Waals surface area (Å²) >= 11 is 0. The molecule has 0 saturated carbocycles. The average molecular weight is 402 g/mol. The zero-order valence-corrected chi connectivity index (χ0v) is 17.7. The van der Waals surface area contributed by atoms with E-state index in [9.17, 15) is 0 Å². The Labute approximate surface area is 178 Å². The zero-order valence-electron chi connectivity index (χ0n) is 16.7. The van der Waals surface area contributed by atoms with Crippen molar-refractivity contribution in [2.24, 2.45) is 0 Å². The average Bonchev–Trinajstić information content (AvgIpc) is 2.82. The number of hydrogen-bond acceptors (Lipinski definition) is 1. The van der Waals surface area contributed by atoms with E-state index in [1.54, 1.807) is 0 Å². The van der Waals surface area contributed by atoms with Crippen molar-refractivity contribution in [3.05, 3.63) is 127 Å². The predicted molar refractivity (Wildman–Crippen MR) is 132 cm³/mol. The summed E-state index contributed by atoms with van der Waals surface area (Å²) in [6.45, 7) is 0. The number of nitrogen functional groups attached to an aromatic ring is 1. The molecule has 2 heteroatoms. The Balaban J connectivity index is 1.90. The fourth-order valence-corrected chi connectivity index (χ4v) is 9.34. The normalized spacial score (nSPS) is 11.5.